The molecular weight excluding hydrogens is 218 g/mol. The van der Waals surface area contributed by atoms with Crippen molar-refractivity contribution in [1.29, 1.82) is 0 Å². The summed E-state index contributed by atoms with van der Waals surface area (Å²) in [4.78, 5) is 0. The summed E-state index contributed by atoms with van der Waals surface area (Å²) in [7, 11) is 0. The zero-order valence-corrected chi connectivity index (χ0v) is 11.1. The highest BCUT2D eigenvalue weighted by atomic mass is 35.5. The first-order valence-corrected chi connectivity index (χ1v) is 6.06. The molecule has 2 heteroatoms. The minimum absolute atomic E-state index is 0.346. The van der Waals surface area contributed by atoms with Crippen molar-refractivity contribution in [1.82, 2.24) is 5.32 Å². The molecule has 1 N–H and O–H groups in total. The predicted octanol–water partition coefficient (Wildman–Crippen LogP) is 4.27. The monoisotopic (exact) mass is 237 g/mol. The number of rotatable bonds is 5. The van der Waals surface area contributed by atoms with Gasteiger partial charge in [-0.15, -0.1) is 6.58 Å². The van der Waals surface area contributed by atoms with Gasteiger partial charge in [-0.2, -0.15) is 0 Å². The highest BCUT2D eigenvalue weighted by Gasteiger charge is 2.11. The standard InChI is InChI=1S/C14H20ClN/c1-5-16-14(8-10(2)3)12-6-7-13(15)11(4)9-12/h6-7,9,14,16H,2,5,8H2,1,3-4H3. The average molecular weight is 238 g/mol. The fourth-order valence-corrected chi connectivity index (χ4v) is 1.90. The van der Waals surface area contributed by atoms with Gasteiger partial charge in [0.2, 0.25) is 0 Å². The Morgan fingerprint density at radius 3 is 2.69 bits per heavy atom. The highest BCUT2D eigenvalue weighted by molar-refractivity contribution is 6.31. The first-order valence-electron chi connectivity index (χ1n) is 5.68. The van der Waals surface area contributed by atoms with E-state index in [1.165, 1.54) is 11.1 Å². The molecule has 0 bridgehead atoms. The van der Waals surface area contributed by atoms with Crippen molar-refractivity contribution >= 4 is 11.6 Å². The molecule has 0 aliphatic carbocycles. The molecule has 1 nitrogen and oxygen atoms in total. The topological polar surface area (TPSA) is 12.0 Å². The van der Waals surface area contributed by atoms with Crippen LogP contribution >= 0.6 is 11.6 Å². The van der Waals surface area contributed by atoms with Gasteiger partial charge in [0.15, 0.2) is 0 Å². The Kier molecular flexibility index (Phi) is 5.04. The molecule has 1 aromatic carbocycles. The van der Waals surface area contributed by atoms with E-state index in [1.54, 1.807) is 0 Å². The van der Waals surface area contributed by atoms with Crippen molar-refractivity contribution < 1.29 is 0 Å². The number of hydrogen-bond donors (Lipinski definition) is 1. The average Bonchev–Trinajstić information content (AvgIpc) is 2.21. The summed E-state index contributed by atoms with van der Waals surface area (Å²) in [5, 5.41) is 4.30. The maximum absolute atomic E-state index is 6.03. The number of hydrogen-bond acceptors (Lipinski definition) is 1. The Balaban J connectivity index is 2.91. The predicted molar refractivity (Wildman–Crippen MR) is 72.0 cm³/mol. The molecule has 0 aliphatic heterocycles. The van der Waals surface area contributed by atoms with Gasteiger partial charge in [0.25, 0.3) is 0 Å². The minimum Gasteiger partial charge on any atom is -0.310 e. The molecule has 0 spiro atoms. The number of nitrogens with one attached hydrogen (secondary N) is 1. The number of aryl methyl sites for hydroxylation is 1. The summed E-state index contributed by atoms with van der Waals surface area (Å²) in [6.45, 7) is 11.2. The van der Waals surface area contributed by atoms with Gasteiger partial charge < -0.3 is 5.32 Å². The second kappa shape index (κ2) is 6.07. The van der Waals surface area contributed by atoms with Crippen LogP contribution in [0.1, 0.15) is 37.4 Å². The molecule has 0 aromatic heterocycles. The Bertz CT molecular complexity index is 371. The fourth-order valence-electron chi connectivity index (χ4n) is 1.79. The summed E-state index contributed by atoms with van der Waals surface area (Å²) in [6, 6.07) is 6.55. The lowest BCUT2D eigenvalue weighted by atomic mass is 9.99. The van der Waals surface area contributed by atoms with Gasteiger partial charge in [0.05, 0.1) is 0 Å². The van der Waals surface area contributed by atoms with E-state index in [-0.39, 0.29) is 0 Å². The van der Waals surface area contributed by atoms with E-state index in [0.717, 1.165) is 23.6 Å². The lowest BCUT2D eigenvalue weighted by molar-refractivity contribution is 0.548. The zero-order chi connectivity index (χ0) is 12.1. The first kappa shape index (κ1) is 13.3. The van der Waals surface area contributed by atoms with Crippen LogP contribution in [-0.2, 0) is 0 Å². The van der Waals surface area contributed by atoms with Crippen LogP contribution in [0.15, 0.2) is 30.4 Å². The third-order valence-electron chi connectivity index (χ3n) is 2.59. The van der Waals surface area contributed by atoms with Crippen LogP contribution in [0.5, 0.6) is 0 Å². The van der Waals surface area contributed by atoms with Crippen LogP contribution in [0, 0.1) is 6.92 Å². The van der Waals surface area contributed by atoms with Crippen molar-refractivity contribution in [3.8, 4) is 0 Å². The molecule has 0 fully saturated rings. The molecular formula is C14H20ClN. The van der Waals surface area contributed by atoms with Crippen molar-refractivity contribution in [2.24, 2.45) is 0 Å². The van der Waals surface area contributed by atoms with E-state index in [1.807, 2.05) is 13.0 Å². The van der Waals surface area contributed by atoms with Crippen molar-refractivity contribution in [2.45, 2.75) is 33.2 Å². The van der Waals surface area contributed by atoms with Crippen LogP contribution in [0.3, 0.4) is 0 Å². The maximum Gasteiger partial charge on any atom is 0.0435 e. The minimum atomic E-state index is 0.346. The second-order valence-corrected chi connectivity index (χ2v) is 4.69. The molecule has 1 atom stereocenters. The summed E-state index contributed by atoms with van der Waals surface area (Å²) in [5.74, 6) is 0. The van der Waals surface area contributed by atoms with Crippen LogP contribution in [-0.4, -0.2) is 6.54 Å². The van der Waals surface area contributed by atoms with E-state index in [9.17, 15) is 0 Å². The van der Waals surface area contributed by atoms with E-state index in [0.29, 0.717) is 6.04 Å². The SMILES string of the molecule is C=C(C)CC(NCC)c1ccc(Cl)c(C)c1. The molecule has 1 rings (SSSR count). The van der Waals surface area contributed by atoms with Gasteiger partial charge in [0, 0.05) is 11.1 Å². The summed E-state index contributed by atoms with van der Waals surface area (Å²) < 4.78 is 0. The van der Waals surface area contributed by atoms with Crippen molar-refractivity contribution in [3.63, 3.8) is 0 Å². The van der Waals surface area contributed by atoms with Crippen molar-refractivity contribution in [3.05, 3.63) is 46.5 Å². The molecule has 0 saturated heterocycles. The second-order valence-electron chi connectivity index (χ2n) is 4.28. The molecule has 88 valence electrons. The van der Waals surface area contributed by atoms with Crippen LogP contribution < -0.4 is 5.32 Å². The molecule has 0 saturated carbocycles. The quantitative estimate of drug-likeness (QED) is 0.755. The van der Waals surface area contributed by atoms with Gasteiger partial charge in [-0.25, -0.2) is 0 Å². The van der Waals surface area contributed by atoms with E-state index in [4.69, 9.17) is 11.6 Å². The van der Waals surface area contributed by atoms with Crippen LogP contribution in [0.2, 0.25) is 5.02 Å². The molecule has 16 heavy (non-hydrogen) atoms. The lowest BCUT2D eigenvalue weighted by Crippen LogP contribution is -2.21. The maximum atomic E-state index is 6.03. The summed E-state index contributed by atoms with van der Waals surface area (Å²) in [5.41, 5.74) is 3.61. The van der Waals surface area contributed by atoms with Gasteiger partial charge >= 0.3 is 0 Å². The van der Waals surface area contributed by atoms with E-state index in [2.05, 4.69) is 37.9 Å². The van der Waals surface area contributed by atoms with Crippen LogP contribution in [0.4, 0.5) is 0 Å². The first-order chi connectivity index (χ1) is 7.54. The smallest absolute Gasteiger partial charge is 0.0435 e. The van der Waals surface area contributed by atoms with E-state index < -0.39 is 0 Å². The summed E-state index contributed by atoms with van der Waals surface area (Å²) >= 11 is 6.03. The fraction of sp³-hybridized carbons (Fsp3) is 0.429. The normalized spacial score (nSPS) is 12.5. The highest BCUT2D eigenvalue weighted by Crippen LogP contribution is 2.24. The number of halogens is 1. The molecule has 0 amide bonds. The van der Waals surface area contributed by atoms with Gasteiger partial charge in [-0.05, 0) is 44.0 Å². The van der Waals surface area contributed by atoms with Gasteiger partial charge in [-0.3, -0.25) is 0 Å². The summed E-state index contributed by atoms with van der Waals surface area (Å²) in [6.07, 6.45) is 0.967. The molecule has 1 unspecified atom stereocenters. The Labute approximate surface area is 104 Å². The van der Waals surface area contributed by atoms with Crippen molar-refractivity contribution in [2.75, 3.05) is 6.54 Å². The van der Waals surface area contributed by atoms with Gasteiger partial charge in [-0.1, -0.05) is 36.2 Å². The van der Waals surface area contributed by atoms with Crippen LogP contribution in [0.25, 0.3) is 0 Å². The third-order valence-corrected chi connectivity index (χ3v) is 3.01. The molecule has 0 aliphatic rings. The Morgan fingerprint density at radius 2 is 2.19 bits per heavy atom. The molecule has 0 heterocycles. The third kappa shape index (κ3) is 3.66. The van der Waals surface area contributed by atoms with Gasteiger partial charge in [0.1, 0.15) is 0 Å². The Hall–Kier alpha value is -0.790. The Morgan fingerprint density at radius 1 is 1.50 bits per heavy atom. The van der Waals surface area contributed by atoms with E-state index >= 15 is 0 Å². The molecule has 1 aromatic rings. The molecule has 0 radical (unpaired) electrons. The zero-order valence-electron chi connectivity index (χ0n) is 10.3. The largest absolute Gasteiger partial charge is 0.310 e. The number of benzene rings is 1. The lowest BCUT2D eigenvalue weighted by Gasteiger charge is -2.19.